The number of ether oxygens (including phenoxy) is 1. The van der Waals surface area contributed by atoms with Crippen molar-refractivity contribution in [3.8, 4) is 0 Å². The second kappa shape index (κ2) is 5.99. The van der Waals surface area contributed by atoms with E-state index in [1.54, 1.807) is 25.7 Å². The van der Waals surface area contributed by atoms with Crippen LogP contribution in [0.5, 0.6) is 0 Å². The van der Waals surface area contributed by atoms with Crippen molar-refractivity contribution < 1.29 is 19.4 Å². The van der Waals surface area contributed by atoms with Crippen LogP contribution in [0.15, 0.2) is 24.3 Å². The van der Waals surface area contributed by atoms with Gasteiger partial charge in [0, 0.05) is 6.54 Å². The zero-order chi connectivity index (χ0) is 16.5. The summed E-state index contributed by atoms with van der Waals surface area (Å²) in [7, 11) is 0. The van der Waals surface area contributed by atoms with Crippen molar-refractivity contribution in [2.24, 2.45) is 5.92 Å². The number of carboxylic acid groups (broad SMARTS) is 1. The van der Waals surface area contributed by atoms with E-state index in [0.717, 1.165) is 11.1 Å². The normalized spacial score (nSPS) is 21.7. The lowest BCUT2D eigenvalue weighted by atomic mass is 9.91. The van der Waals surface area contributed by atoms with Gasteiger partial charge in [0.2, 0.25) is 0 Å². The lowest BCUT2D eigenvalue weighted by Crippen LogP contribution is -2.38. The minimum atomic E-state index is -0.876. The molecule has 2 rings (SSSR count). The summed E-state index contributed by atoms with van der Waals surface area (Å²) in [5.74, 6) is -1.48. The number of likely N-dealkylation sites (tertiary alicyclic amines) is 1. The first kappa shape index (κ1) is 16.3. The summed E-state index contributed by atoms with van der Waals surface area (Å²) in [6.45, 7) is 7.74. The van der Waals surface area contributed by atoms with Crippen LogP contribution in [0.1, 0.15) is 44.4 Å². The highest BCUT2D eigenvalue weighted by Crippen LogP contribution is 2.39. The minimum Gasteiger partial charge on any atom is -0.481 e. The van der Waals surface area contributed by atoms with E-state index in [2.05, 4.69) is 0 Å². The third-order valence-corrected chi connectivity index (χ3v) is 3.85. The second-order valence-electron chi connectivity index (χ2n) is 6.71. The van der Waals surface area contributed by atoms with Crippen molar-refractivity contribution >= 4 is 12.1 Å². The maximum Gasteiger partial charge on any atom is 0.410 e. The average Bonchev–Trinajstić information content (AvgIpc) is 2.82. The molecular formula is C17H23NO4. The van der Waals surface area contributed by atoms with Crippen molar-refractivity contribution in [1.29, 1.82) is 0 Å². The highest BCUT2D eigenvalue weighted by atomic mass is 16.6. The smallest absolute Gasteiger partial charge is 0.410 e. The molecule has 5 heteroatoms. The largest absolute Gasteiger partial charge is 0.481 e. The Morgan fingerprint density at radius 2 is 1.91 bits per heavy atom. The number of hydrogen-bond donors (Lipinski definition) is 1. The van der Waals surface area contributed by atoms with Crippen molar-refractivity contribution in [1.82, 2.24) is 4.90 Å². The fraction of sp³-hybridized carbons (Fsp3) is 0.529. The van der Waals surface area contributed by atoms with Gasteiger partial charge >= 0.3 is 12.1 Å². The Balaban J connectivity index is 2.36. The van der Waals surface area contributed by atoms with Gasteiger partial charge in [0.1, 0.15) is 5.60 Å². The van der Waals surface area contributed by atoms with E-state index in [0.29, 0.717) is 13.0 Å². The van der Waals surface area contributed by atoms with Gasteiger partial charge in [-0.2, -0.15) is 0 Å². The number of amides is 1. The number of rotatable bonds is 2. The predicted octanol–water partition coefficient (Wildman–Crippen LogP) is 3.38. The van der Waals surface area contributed by atoms with Crippen LogP contribution in [0, 0.1) is 12.8 Å². The fourth-order valence-corrected chi connectivity index (χ4v) is 2.88. The van der Waals surface area contributed by atoms with Gasteiger partial charge in [-0.1, -0.05) is 24.3 Å². The lowest BCUT2D eigenvalue weighted by Gasteiger charge is -2.30. The van der Waals surface area contributed by atoms with Crippen molar-refractivity contribution in [3.05, 3.63) is 35.4 Å². The fourth-order valence-electron chi connectivity index (χ4n) is 2.88. The standard InChI is InChI=1S/C17H23NO4/c1-11-7-5-6-8-12(11)14-13(15(19)20)9-10-18(14)16(21)22-17(2,3)4/h5-8,13-14H,9-10H2,1-4H3,(H,19,20)/t13-,14-/m1/s1. The Morgan fingerprint density at radius 1 is 1.27 bits per heavy atom. The first-order chi connectivity index (χ1) is 10.2. The Morgan fingerprint density at radius 3 is 2.45 bits per heavy atom. The Kier molecular flexibility index (Phi) is 4.44. The summed E-state index contributed by atoms with van der Waals surface area (Å²) < 4.78 is 5.44. The maximum absolute atomic E-state index is 12.4. The van der Waals surface area contributed by atoms with Gasteiger partial charge in [-0.3, -0.25) is 4.79 Å². The van der Waals surface area contributed by atoms with Crippen LogP contribution in [0.2, 0.25) is 0 Å². The van der Waals surface area contributed by atoms with E-state index in [-0.39, 0.29) is 0 Å². The number of carbonyl (C=O) groups is 2. The molecule has 1 N–H and O–H groups in total. The van der Waals surface area contributed by atoms with E-state index in [1.165, 1.54) is 0 Å². The molecule has 1 aromatic rings. The molecule has 5 nitrogen and oxygen atoms in total. The van der Waals surface area contributed by atoms with Gasteiger partial charge in [-0.15, -0.1) is 0 Å². The molecule has 1 heterocycles. The molecule has 0 saturated carbocycles. The third-order valence-electron chi connectivity index (χ3n) is 3.85. The summed E-state index contributed by atoms with van der Waals surface area (Å²) in [5, 5.41) is 9.49. The Hall–Kier alpha value is -2.04. The van der Waals surface area contributed by atoms with E-state index in [1.807, 2.05) is 31.2 Å². The molecule has 0 spiro atoms. The molecule has 0 unspecified atom stereocenters. The van der Waals surface area contributed by atoms with E-state index in [9.17, 15) is 14.7 Å². The van der Waals surface area contributed by atoms with Crippen molar-refractivity contribution in [2.45, 2.75) is 45.8 Å². The van der Waals surface area contributed by atoms with Crippen LogP contribution in [0.25, 0.3) is 0 Å². The van der Waals surface area contributed by atoms with Gasteiger partial charge in [-0.05, 0) is 45.2 Å². The number of aliphatic carboxylic acids is 1. The van der Waals surface area contributed by atoms with Crippen LogP contribution in [-0.2, 0) is 9.53 Å². The zero-order valence-corrected chi connectivity index (χ0v) is 13.5. The van der Waals surface area contributed by atoms with Crippen LogP contribution < -0.4 is 0 Å². The highest BCUT2D eigenvalue weighted by molar-refractivity contribution is 5.76. The molecule has 0 radical (unpaired) electrons. The summed E-state index contributed by atoms with van der Waals surface area (Å²) in [6, 6.07) is 7.11. The van der Waals surface area contributed by atoms with Gasteiger partial charge in [-0.25, -0.2) is 4.79 Å². The molecule has 1 aromatic carbocycles. The van der Waals surface area contributed by atoms with Crippen molar-refractivity contribution in [3.63, 3.8) is 0 Å². The molecule has 2 atom stereocenters. The van der Waals surface area contributed by atoms with Gasteiger partial charge in [0.05, 0.1) is 12.0 Å². The Bertz CT molecular complexity index is 576. The summed E-state index contributed by atoms with van der Waals surface area (Å²) in [5.41, 5.74) is 1.25. The number of hydrogen-bond acceptors (Lipinski definition) is 3. The molecule has 120 valence electrons. The number of nitrogens with zero attached hydrogens (tertiary/aromatic N) is 1. The second-order valence-corrected chi connectivity index (χ2v) is 6.71. The highest BCUT2D eigenvalue weighted by Gasteiger charge is 2.44. The third kappa shape index (κ3) is 3.40. The summed E-state index contributed by atoms with van der Waals surface area (Å²) >= 11 is 0. The minimum absolute atomic E-state index is 0.394. The van der Waals surface area contributed by atoms with Gasteiger partial charge in [0.25, 0.3) is 0 Å². The first-order valence-corrected chi connectivity index (χ1v) is 7.48. The van der Waals surface area contributed by atoms with Crippen LogP contribution in [-0.4, -0.2) is 34.2 Å². The molecule has 1 saturated heterocycles. The van der Waals surface area contributed by atoms with Gasteiger partial charge in [0.15, 0.2) is 0 Å². The number of carbonyl (C=O) groups excluding carboxylic acids is 1. The van der Waals surface area contributed by atoms with Crippen LogP contribution >= 0.6 is 0 Å². The van der Waals surface area contributed by atoms with Crippen molar-refractivity contribution in [2.75, 3.05) is 6.54 Å². The van der Waals surface area contributed by atoms with Crippen LogP contribution in [0.4, 0.5) is 4.79 Å². The molecule has 22 heavy (non-hydrogen) atoms. The number of carboxylic acids is 1. The SMILES string of the molecule is Cc1ccccc1[C@@H]1[C@H](C(=O)O)CCN1C(=O)OC(C)(C)C. The van der Waals surface area contributed by atoms with E-state index in [4.69, 9.17) is 4.74 Å². The average molecular weight is 305 g/mol. The molecule has 1 aliphatic rings. The molecule has 0 aliphatic carbocycles. The predicted molar refractivity (Wildman–Crippen MR) is 82.6 cm³/mol. The van der Waals surface area contributed by atoms with Gasteiger partial charge < -0.3 is 14.7 Å². The number of aryl methyl sites for hydroxylation is 1. The molecule has 0 bridgehead atoms. The molecule has 1 fully saturated rings. The monoisotopic (exact) mass is 305 g/mol. The topological polar surface area (TPSA) is 66.8 Å². The van der Waals surface area contributed by atoms with E-state index < -0.39 is 29.6 Å². The quantitative estimate of drug-likeness (QED) is 0.909. The first-order valence-electron chi connectivity index (χ1n) is 7.48. The Labute approximate surface area is 130 Å². The maximum atomic E-state index is 12.4. The summed E-state index contributed by atoms with van der Waals surface area (Å²) in [6.07, 6.45) is -0.0161. The number of benzene rings is 1. The summed E-state index contributed by atoms with van der Waals surface area (Å²) in [4.78, 5) is 25.6. The van der Waals surface area contributed by atoms with E-state index >= 15 is 0 Å². The van der Waals surface area contributed by atoms with Crippen LogP contribution in [0.3, 0.4) is 0 Å². The molecule has 1 aliphatic heterocycles. The zero-order valence-electron chi connectivity index (χ0n) is 13.5. The molecule has 0 aromatic heterocycles. The lowest BCUT2D eigenvalue weighted by molar-refractivity contribution is -0.142. The molecule has 1 amide bonds. The molecular weight excluding hydrogens is 282 g/mol.